The van der Waals surface area contributed by atoms with Gasteiger partial charge in [0.05, 0.1) is 21.1 Å². The third-order valence-electron chi connectivity index (χ3n) is 1.65. The fraction of sp³-hybridized carbons (Fsp3) is 0.857. The number of hydrogen-bond acceptors (Lipinski definition) is 1. The van der Waals surface area contributed by atoms with Gasteiger partial charge in [0.15, 0.2) is 6.04 Å². The second-order valence-electron chi connectivity index (χ2n) is 3.44. The molecule has 0 rings (SSSR count). The van der Waals surface area contributed by atoms with Gasteiger partial charge in [-0.15, -0.1) is 0 Å². The summed E-state index contributed by atoms with van der Waals surface area (Å²) in [6, 6.07) is -0.0556. The minimum atomic E-state index is -0.213. The molecule has 60 valence electrons. The van der Waals surface area contributed by atoms with Crippen molar-refractivity contribution in [2.24, 2.45) is 5.73 Å². The molecule has 0 aliphatic heterocycles. The first-order valence-corrected chi connectivity index (χ1v) is 3.50. The number of carbonyl (C=O) groups excluding carboxylic acids is 1. The van der Waals surface area contributed by atoms with Gasteiger partial charge in [-0.3, -0.25) is 4.79 Å². The van der Waals surface area contributed by atoms with Gasteiger partial charge in [0.2, 0.25) is 0 Å². The van der Waals surface area contributed by atoms with Gasteiger partial charge in [-0.25, -0.2) is 0 Å². The van der Waals surface area contributed by atoms with E-state index in [0.29, 0.717) is 4.48 Å². The Labute approximate surface area is 62.4 Å². The zero-order valence-corrected chi connectivity index (χ0v) is 7.22. The number of likely N-dealkylation sites (N-methyl/N-ethyl adjacent to an activating group) is 1. The van der Waals surface area contributed by atoms with E-state index in [4.69, 9.17) is 5.73 Å². The van der Waals surface area contributed by atoms with Crippen LogP contribution in [0.5, 0.6) is 0 Å². The Morgan fingerprint density at radius 3 is 1.90 bits per heavy atom. The largest absolute Gasteiger partial charge is 0.365 e. The number of nitrogens with zero attached hydrogens (tertiary/aromatic N) is 1. The summed E-state index contributed by atoms with van der Waals surface area (Å²) in [7, 11) is 5.91. The summed E-state index contributed by atoms with van der Waals surface area (Å²) in [6.45, 7) is 1.97. The first-order chi connectivity index (χ1) is 4.39. The maximum Gasteiger partial charge on any atom is 0.275 e. The lowest BCUT2D eigenvalue weighted by atomic mass is 10.2. The van der Waals surface area contributed by atoms with E-state index in [1.807, 2.05) is 28.1 Å². The molecule has 3 nitrogen and oxygen atoms in total. The zero-order valence-electron chi connectivity index (χ0n) is 7.22. The summed E-state index contributed by atoms with van der Waals surface area (Å²) >= 11 is 0. The van der Waals surface area contributed by atoms with Gasteiger partial charge in [-0.2, -0.15) is 0 Å². The van der Waals surface area contributed by atoms with Crippen LogP contribution in [0.15, 0.2) is 0 Å². The van der Waals surface area contributed by atoms with Crippen LogP contribution in [0.2, 0.25) is 0 Å². The van der Waals surface area contributed by atoms with Crippen molar-refractivity contribution in [3.63, 3.8) is 0 Å². The molecule has 0 saturated heterocycles. The summed E-state index contributed by atoms with van der Waals surface area (Å²) < 4.78 is 0.617. The van der Waals surface area contributed by atoms with Gasteiger partial charge in [0.1, 0.15) is 0 Å². The van der Waals surface area contributed by atoms with Crippen molar-refractivity contribution in [2.75, 3.05) is 21.1 Å². The second kappa shape index (κ2) is 3.01. The lowest BCUT2D eigenvalue weighted by molar-refractivity contribution is -0.886. The molecule has 0 heterocycles. The highest BCUT2D eigenvalue weighted by atomic mass is 16.1. The molecule has 0 aromatic rings. The van der Waals surface area contributed by atoms with Crippen molar-refractivity contribution in [2.45, 2.75) is 19.4 Å². The Morgan fingerprint density at radius 1 is 1.50 bits per heavy atom. The van der Waals surface area contributed by atoms with Crippen molar-refractivity contribution in [3.8, 4) is 0 Å². The van der Waals surface area contributed by atoms with Gasteiger partial charge < -0.3 is 10.2 Å². The lowest BCUT2D eigenvalue weighted by Crippen LogP contribution is -2.51. The maximum atomic E-state index is 10.8. The molecule has 0 aliphatic rings. The van der Waals surface area contributed by atoms with Gasteiger partial charge in [-0.05, 0) is 0 Å². The third kappa shape index (κ3) is 2.35. The number of primary amides is 1. The van der Waals surface area contributed by atoms with Crippen molar-refractivity contribution in [1.82, 2.24) is 0 Å². The highest BCUT2D eigenvalue weighted by Crippen LogP contribution is 2.05. The molecule has 0 spiro atoms. The number of nitrogens with two attached hydrogens (primary N) is 1. The standard InChI is InChI=1S/C7H16N2O/c1-5-6(7(8)10)9(2,3)4/h6H,5H2,1-4H3,(H-,8,10)/p+1/t6-/m0/s1. The summed E-state index contributed by atoms with van der Waals surface area (Å²) in [6.07, 6.45) is 0.804. The molecule has 0 aromatic heterocycles. The second-order valence-corrected chi connectivity index (χ2v) is 3.44. The van der Waals surface area contributed by atoms with Crippen LogP contribution in [-0.2, 0) is 4.79 Å². The van der Waals surface area contributed by atoms with Crippen LogP contribution in [0.3, 0.4) is 0 Å². The maximum absolute atomic E-state index is 10.8. The predicted octanol–water partition coefficient (Wildman–Crippen LogP) is -0.0435. The van der Waals surface area contributed by atoms with Gasteiger partial charge in [-0.1, -0.05) is 6.92 Å². The number of amides is 1. The Bertz CT molecular complexity index is 126. The molecule has 0 saturated carbocycles. The molecule has 0 aliphatic carbocycles. The van der Waals surface area contributed by atoms with Crippen LogP contribution in [0, 0.1) is 0 Å². The summed E-state index contributed by atoms with van der Waals surface area (Å²) in [5, 5.41) is 0. The van der Waals surface area contributed by atoms with E-state index >= 15 is 0 Å². The highest BCUT2D eigenvalue weighted by molar-refractivity contribution is 5.78. The molecule has 10 heavy (non-hydrogen) atoms. The van der Waals surface area contributed by atoms with Crippen molar-refractivity contribution >= 4 is 5.91 Å². The molecule has 0 radical (unpaired) electrons. The average molecular weight is 145 g/mol. The smallest absolute Gasteiger partial charge is 0.275 e. The topological polar surface area (TPSA) is 43.1 Å². The van der Waals surface area contributed by atoms with Crippen LogP contribution < -0.4 is 5.73 Å². The average Bonchev–Trinajstić information content (AvgIpc) is 1.60. The highest BCUT2D eigenvalue weighted by Gasteiger charge is 2.26. The number of hydrogen-bond donors (Lipinski definition) is 1. The molecule has 0 aromatic carbocycles. The first-order valence-electron chi connectivity index (χ1n) is 3.50. The minimum absolute atomic E-state index is 0.0556. The molecule has 0 unspecified atom stereocenters. The minimum Gasteiger partial charge on any atom is -0.365 e. The third-order valence-corrected chi connectivity index (χ3v) is 1.65. The quantitative estimate of drug-likeness (QED) is 0.556. The number of carbonyl (C=O) groups is 1. The fourth-order valence-corrected chi connectivity index (χ4v) is 1.13. The van der Waals surface area contributed by atoms with E-state index in [2.05, 4.69) is 0 Å². The van der Waals surface area contributed by atoms with Gasteiger partial charge >= 0.3 is 0 Å². The van der Waals surface area contributed by atoms with Crippen molar-refractivity contribution in [3.05, 3.63) is 0 Å². The summed E-state index contributed by atoms with van der Waals surface area (Å²) in [5.74, 6) is -0.213. The molecular weight excluding hydrogens is 128 g/mol. The van der Waals surface area contributed by atoms with Crippen LogP contribution in [-0.4, -0.2) is 37.6 Å². The van der Waals surface area contributed by atoms with E-state index in [1.54, 1.807) is 0 Å². The molecule has 1 atom stereocenters. The zero-order chi connectivity index (χ0) is 8.36. The normalized spacial score (nSPS) is 14.8. The molecule has 0 bridgehead atoms. The molecule has 1 amide bonds. The molecular formula is C7H17N2O+. The Kier molecular flexibility index (Phi) is 2.84. The predicted molar refractivity (Wildman–Crippen MR) is 41.3 cm³/mol. The fourth-order valence-electron chi connectivity index (χ4n) is 1.13. The summed E-state index contributed by atoms with van der Waals surface area (Å²) in [4.78, 5) is 10.8. The Balaban J connectivity index is 4.22. The molecule has 2 N–H and O–H groups in total. The van der Waals surface area contributed by atoms with E-state index < -0.39 is 0 Å². The van der Waals surface area contributed by atoms with E-state index in [1.165, 1.54) is 0 Å². The van der Waals surface area contributed by atoms with Crippen LogP contribution in [0.4, 0.5) is 0 Å². The van der Waals surface area contributed by atoms with Crippen molar-refractivity contribution < 1.29 is 9.28 Å². The van der Waals surface area contributed by atoms with Crippen LogP contribution in [0.1, 0.15) is 13.3 Å². The van der Waals surface area contributed by atoms with Crippen LogP contribution in [0.25, 0.3) is 0 Å². The van der Waals surface area contributed by atoms with Gasteiger partial charge in [0.25, 0.3) is 5.91 Å². The number of rotatable bonds is 3. The summed E-state index contributed by atoms with van der Waals surface area (Å²) in [5.41, 5.74) is 5.18. The van der Waals surface area contributed by atoms with Gasteiger partial charge in [0, 0.05) is 6.42 Å². The Hall–Kier alpha value is -0.570. The van der Waals surface area contributed by atoms with E-state index in [0.717, 1.165) is 6.42 Å². The molecule has 3 heteroatoms. The first kappa shape index (κ1) is 9.43. The SMILES string of the molecule is CC[C@@H](C(N)=O)[N+](C)(C)C. The van der Waals surface area contributed by atoms with Crippen LogP contribution >= 0.6 is 0 Å². The monoisotopic (exact) mass is 145 g/mol. The van der Waals surface area contributed by atoms with Crippen molar-refractivity contribution in [1.29, 1.82) is 0 Å². The van der Waals surface area contributed by atoms with E-state index in [9.17, 15) is 4.79 Å². The lowest BCUT2D eigenvalue weighted by Gasteiger charge is -2.30. The Morgan fingerprint density at radius 2 is 1.90 bits per heavy atom. The molecule has 0 fully saturated rings. The van der Waals surface area contributed by atoms with E-state index in [-0.39, 0.29) is 11.9 Å². The number of quaternary nitrogens is 1.